The Bertz CT molecular complexity index is 828. The maximum Gasteiger partial charge on any atom is 0.282 e. The summed E-state index contributed by atoms with van der Waals surface area (Å²) in [5, 5.41) is 13.0. The normalized spacial score (nSPS) is 17.4. The molecule has 3 rings (SSSR count). The van der Waals surface area contributed by atoms with Crippen LogP contribution in [0.3, 0.4) is 0 Å². The Balaban J connectivity index is 1.78. The molecule has 0 radical (unpaired) electrons. The van der Waals surface area contributed by atoms with E-state index < -0.39 is 17.9 Å². The van der Waals surface area contributed by atoms with E-state index in [1.165, 1.54) is 24.5 Å². The minimum Gasteiger partial charge on any atom is -0.269 e. The van der Waals surface area contributed by atoms with Gasteiger partial charge < -0.3 is 0 Å². The van der Waals surface area contributed by atoms with Crippen molar-refractivity contribution in [2.45, 2.75) is 19.9 Å². The lowest BCUT2D eigenvalue weighted by atomic mass is 10.2. The first-order valence-corrected chi connectivity index (χ1v) is 7.37. The van der Waals surface area contributed by atoms with Gasteiger partial charge in [0.15, 0.2) is 6.04 Å². The molecule has 1 aromatic heterocycles. The molecule has 0 N–H and O–H groups in total. The van der Waals surface area contributed by atoms with Crippen LogP contribution in [0.25, 0.3) is 0 Å². The van der Waals surface area contributed by atoms with Crippen LogP contribution in [0, 0.1) is 6.92 Å². The van der Waals surface area contributed by atoms with Gasteiger partial charge >= 0.3 is 0 Å². The van der Waals surface area contributed by atoms with Gasteiger partial charge in [-0.1, -0.05) is 17.7 Å². The number of imide groups is 1. The molecule has 2 heterocycles. The summed E-state index contributed by atoms with van der Waals surface area (Å²) in [4.78, 5) is 28.6. The molecule has 1 unspecified atom stereocenters. The summed E-state index contributed by atoms with van der Waals surface area (Å²) >= 11 is 0. The summed E-state index contributed by atoms with van der Waals surface area (Å²) in [7, 11) is 0. The van der Waals surface area contributed by atoms with Gasteiger partial charge in [-0.2, -0.15) is 20.3 Å². The summed E-state index contributed by atoms with van der Waals surface area (Å²) in [6.07, 6.45) is 2.97. The van der Waals surface area contributed by atoms with E-state index >= 15 is 0 Å². The van der Waals surface area contributed by atoms with Crippen LogP contribution in [0.4, 0.5) is 5.69 Å². The van der Waals surface area contributed by atoms with Gasteiger partial charge in [-0.3, -0.25) is 14.6 Å². The largest absolute Gasteiger partial charge is 0.282 e. The number of carbonyl (C=O) groups excluding carboxylic acids is 2. The van der Waals surface area contributed by atoms with Gasteiger partial charge in [-0.25, -0.2) is 0 Å². The van der Waals surface area contributed by atoms with Gasteiger partial charge in [0.1, 0.15) is 0 Å². The predicted molar refractivity (Wildman–Crippen MR) is 88.0 cm³/mol. The van der Waals surface area contributed by atoms with Gasteiger partial charge in [0.2, 0.25) is 0 Å². The van der Waals surface area contributed by atoms with Crippen molar-refractivity contribution in [2.75, 3.05) is 0 Å². The molecule has 7 nitrogen and oxygen atoms in total. The topological polar surface area (TPSA) is 87.4 Å². The number of carbonyl (C=O) groups is 2. The standard InChI is InChI=1S/C17H15N5O2/c1-11-3-5-14(6-4-11)19-20-15-12(2)21-22(17(15)24)16(23)13-7-9-18-10-8-13/h3-10,15H,1-2H3. The zero-order valence-electron chi connectivity index (χ0n) is 13.2. The second-order valence-corrected chi connectivity index (χ2v) is 5.39. The lowest BCUT2D eigenvalue weighted by Gasteiger charge is -2.10. The van der Waals surface area contributed by atoms with Gasteiger partial charge in [0, 0.05) is 18.0 Å². The number of nitrogens with zero attached hydrogens (tertiary/aromatic N) is 5. The zero-order valence-corrected chi connectivity index (χ0v) is 13.2. The van der Waals surface area contributed by atoms with Crippen LogP contribution in [-0.2, 0) is 4.79 Å². The Morgan fingerprint density at radius 3 is 2.42 bits per heavy atom. The highest BCUT2D eigenvalue weighted by Gasteiger charge is 2.38. The lowest BCUT2D eigenvalue weighted by Crippen LogP contribution is -2.34. The van der Waals surface area contributed by atoms with E-state index in [4.69, 9.17) is 0 Å². The van der Waals surface area contributed by atoms with E-state index in [0.717, 1.165) is 10.6 Å². The molecule has 1 atom stereocenters. The molecule has 1 aliphatic heterocycles. The molecule has 24 heavy (non-hydrogen) atoms. The van der Waals surface area contributed by atoms with E-state index in [9.17, 15) is 9.59 Å². The first-order chi connectivity index (χ1) is 11.6. The number of pyridine rings is 1. The lowest BCUT2D eigenvalue weighted by molar-refractivity contribution is -0.127. The van der Waals surface area contributed by atoms with Gasteiger partial charge in [0.05, 0.1) is 11.4 Å². The van der Waals surface area contributed by atoms with Crippen LogP contribution in [0.2, 0.25) is 0 Å². The molecular weight excluding hydrogens is 306 g/mol. The third-order valence-electron chi connectivity index (χ3n) is 3.54. The van der Waals surface area contributed by atoms with E-state index in [1.807, 2.05) is 31.2 Å². The summed E-state index contributed by atoms with van der Waals surface area (Å²) in [6.45, 7) is 3.62. The maximum absolute atomic E-state index is 12.4. The molecule has 2 aromatic rings. The summed E-state index contributed by atoms with van der Waals surface area (Å²) < 4.78 is 0. The van der Waals surface area contributed by atoms with Crippen molar-refractivity contribution in [3.8, 4) is 0 Å². The highest BCUT2D eigenvalue weighted by atomic mass is 16.2. The average molecular weight is 321 g/mol. The fraction of sp³-hybridized carbons (Fsp3) is 0.176. The molecule has 7 heteroatoms. The molecule has 0 aliphatic carbocycles. The van der Waals surface area contributed by atoms with Gasteiger partial charge in [-0.15, -0.1) is 0 Å². The molecule has 1 aliphatic rings. The van der Waals surface area contributed by atoms with Gasteiger partial charge in [-0.05, 0) is 38.1 Å². The SMILES string of the molecule is CC1=NN(C(=O)c2ccncc2)C(=O)C1N=Nc1ccc(C)cc1. The number of hydrazone groups is 1. The van der Waals surface area contributed by atoms with Crippen LogP contribution in [0.5, 0.6) is 0 Å². The van der Waals surface area contributed by atoms with Crippen LogP contribution in [0.1, 0.15) is 22.8 Å². The highest BCUT2D eigenvalue weighted by Crippen LogP contribution is 2.19. The maximum atomic E-state index is 12.4. The Morgan fingerprint density at radius 1 is 1.08 bits per heavy atom. The molecule has 0 fully saturated rings. The number of aromatic nitrogens is 1. The van der Waals surface area contributed by atoms with Crippen molar-refractivity contribution < 1.29 is 9.59 Å². The molecule has 0 spiro atoms. The van der Waals surface area contributed by atoms with E-state index in [0.29, 0.717) is 17.0 Å². The number of amides is 2. The molecule has 2 amide bonds. The molecular formula is C17H15N5O2. The fourth-order valence-corrected chi connectivity index (χ4v) is 2.19. The number of hydrogen-bond acceptors (Lipinski definition) is 6. The summed E-state index contributed by atoms with van der Waals surface area (Å²) in [5.74, 6) is -1.01. The number of azo groups is 1. The predicted octanol–water partition coefficient (Wildman–Crippen LogP) is 2.90. The van der Waals surface area contributed by atoms with Crippen molar-refractivity contribution in [3.05, 3.63) is 59.9 Å². The third-order valence-corrected chi connectivity index (χ3v) is 3.54. The third kappa shape index (κ3) is 3.10. The minimum atomic E-state index is -0.878. The van der Waals surface area contributed by atoms with Gasteiger partial charge in [0.25, 0.3) is 11.8 Å². The smallest absolute Gasteiger partial charge is 0.269 e. The van der Waals surface area contributed by atoms with Crippen molar-refractivity contribution >= 4 is 23.2 Å². The second-order valence-electron chi connectivity index (χ2n) is 5.39. The quantitative estimate of drug-likeness (QED) is 0.643. The summed E-state index contributed by atoms with van der Waals surface area (Å²) in [5.41, 5.74) is 2.52. The Kier molecular flexibility index (Phi) is 4.24. The van der Waals surface area contributed by atoms with Crippen LogP contribution in [0.15, 0.2) is 64.1 Å². The Morgan fingerprint density at radius 2 is 1.75 bits per heavy atom. The zero-order chi connectivity index (χ0) is 17.1. The second kappa shape index (κ2) is 6.49. The highest BCUT2D eigenvalue weighted by molar-refractivity contribution is 6.18. The number of benzene rings is 1. The molecule has 0 bridgehead atoms. The first kappa shape index (κ1) is 15.7. The molecule has 1 aromatic carbocycles. The Labute approximate surface area is 138 Å². The van der Waals surface area contributed by atoms with Crippen LogP contribution >= 0.6 is 0 Å². The first-order valence-electron chi connectivity index (χ1n) is 7.37. The van der Waals surface area contributed by atoms with Crippen LogP contribution < -0.4 is 0 Å². The van der Waals surface area contributed by atoms with Crippen molar-refractivity contribution in [2.24, 2.45) is 15.3 Å². The van der Waals surface area contributed by atoms with E-state index in [1.54, 1.807) is 6.92 Å². The molecule has 120 valence electrons. The Hall–Kier alpha value is -3.22. The van der Waals surface area contributed by atoms with E-state index in [2.05, 4.69) is 20.3 Å². The van der Waals surface area contributed by atoms with E-state index in [-0.39, 0.29) is 0 Å². The van der Waals surface area contributed by atoms with Crippen molar-refractivity contribution in [1.29, 1.82) is 0 Å². The summed E-state index contributed by atoms with van der Waals surface area (Å²) in [6, 6.07) is 9.62. The van der Waals surface area contributed by atoms with Crippen LogP contribution in [-0.4, -0.2) is 33.6 Å². The number of aryl methyl sites for hydroxylation is 1. The van der Waals surface area contributed by atoms with Crippen molar-refractivity contribution in [3.63, 3.8) is 0 Å². The molecule has 0 saturated heterocycles. The number of hydrogen-bond donors (Lipinski definition) is 0. The fourth-order valence-electron chi connectivity index (χ4n) is 2.19. The monoisotopic (exact) mass is 321 g/mol. The number of rotatable bonds is 3. The van der Waals surface area contributed by atoms with Crippen molar-refractivity contribution in [1.82, 2.24) is 9.99 Å². The minimum absolute atomic E-state index is 0.339. The molecule has 0 saturated carbocycles. The average Bonchev–Trinajstić information content (AvgIpc) is 2.89.